The third-order valence-electron chi connectivity index (χ3n) is 2.52. The molecule has 1 atom stereocenters. The quantitative estimate of drug-likeness (QED) is 0.806. The first-order valence-electron chi connectivity index (χ1n) is 4.99. The van der Waals surface area contributed by atoms with E-state index in [-0.39, 0.29) is 0 Å². The lowest BCUT2D eigenvalue weighted by Gasteiger charge is -2.21. The van der Waals surface area contributed by atoms with Crippen LogP contribution >= 0.6 is 11.6 Å². The zero-order valence-corrected chi connectivity index (χ0v) is 10.0. The molecule has 1 rings (SSSR count). The third-order valence-corrected chi connectivity index (χ3v) is 2.94. The number of nitrogens with one attached hydrogen (secondary N) is 1. The first kappa shape index (κ1) is 11.5. The van der Waals surface area contributed by atoms with Gasteiger partial charge in [-0.05, 0) is 37.1 Å². The van der Waals surface area contributed by atoms with E-state index in [0.29, 0.717) is 12.0 Å². The molecule has 78 valence electrons. The lowest BCUT2D eigenvalue weighted by Crippen LogP contribution is -2.21. The molecule has 0 saturated carbocycles. The molecule has 0 aliphatic carbocycles. The van der Waals surface area contributed by atoms with Crippen molar-refractivity contribution in [3.8, 4) is 0 Å². The van der Waals surface area contributed by atoms with Crippen LogP contribution in [-0.4, -0.2) is 7.05 Å². The maximum atomic E-state index is 5.99. The van der Waals surface area contributed by atoms with Crippen molar-refractivity contribution in [2.24, 2.45) is 5.92 Å². The summed E-state index contributed by atoms with van der Waals surface area (Å²) in [6.45, 7) is 6.47. The SMILES string of the molecule is CNC(c1ccc(Cl)c(C)c1)C(C)C. The molecule has 0 saturated heterocycles. The number of rotatable bonds is 3. The van der Waals surface area contributed by atoms with Crippen LogP contribution in [0, 0.1) is 12.8 Å². The largest absolute Gasteiger partial charge is 0.313 e. The van der Waals surface area contributed by atoms with E-state index in [4.69, 9.17) is 11.6 Å². The Morgan fingerprint density at radius 2 is 1.93 bits per heavy atom. The molecule has 1 unspecified atom stereocenters. The second-order valence-corrected chi connectivity index (χ2v) is 4.43. The molecule has 14 heavy (non-hydrogen) atoms. The highest BCUT2D eigenvalue weighted by Gasteiger charge is 2.13. The Morgan fingerprint density at radius 1 is 1.29 bits per heavy atom. The van der Waals surface area contributed by atoms with Crippen molar-refractivity contribution < 1.29 is 0 Å². The van der Waals surface area contributed by atoms with Crippen LogP contribution in [0.5, 0.6) is 0 Å². The van der Waals surface area contributed by atoms with Crippen LogP contribution < -0.4 is 5.32 Å². The summed E-state index contributed by atoms with van der Waals surface area (Å²) in [5.41, 5.74) is 2.45. The first-order chi connectivity index (χ1) is 6.56. The van der Waals surface area contributed by atoms with Crippen molar-refractivity contribution >= 4 is 11.6 Å². The smallest absolute Gasteiger partial charge is 0.0435 e. The molecule has 2 heteroatoms. The van der Waals surface area contributed by atoms with E-state index in [1.807, 2.05) is 20.0 Å². The van der Waals surface area contributed by atoms with Gasteiger partial charge in [0.1, 0.15) is 0 Å². The molecule has 0 radical (unpaired) electrons. The van der Waals surface area contributed by atoms with Gasteiger partial charge in [0.25, 0.3) is 0 Å². The van der Waals surface area contributed by atoms with Crippen molar-refractivity contribution in [2.45, 2.75) is 26.8 Å². The fourth-order valence-electron chi connectivity index (χ4n) is 1.75. The minimum Gasteiger partial charge on any atom is -0.313 e. The minimum atomic E-state index is 0.408. The Hall–Kier alpha value is -0.530. The van der Waals surface area contributed by atoms with Crippen molar-refractivity contribution in [1.29, 1.82) is 0 Å². The van der Waals surface area contributed by atoms with Crippen molar-refractivity contribution in [3.05, 3.63) is 34.3 Å². The highest BCUT2D eigenvalue weighted by Crippen LogP contribution is 2.25. The van der Waals surface area contributed by atoms with E-state index in [0.717, 1.165) is 10.6 Å². The summed E-state index contributed by atoms with van der Waals surface area (Å²) in [5.74, 6) is 0.584. The van der Waals surface area contributed by atoms with Gasteiger partial charge in [-0.3, -0.25) is 0 Å². The van der Waals surface area contributed by atoms with Crippen LogP contribution in [0.2, 0.25) is 5.02 Å². The second-order valence-electron chi connectivity index (χ2n) is 4.02. The van der Waals surface area contributed by atoms with Crippen LogP contribution in [0.1, 0.15) is 31.0 Å². The molecule has 0 aliphatic rings. The molecule has 1 N–H and O–H groups in total. The Morgan fingerprint density at radius 3 is 2.36 bits per heavy atom. The van der Waals surface area contributed by atoms with Gasteiger partial charge in [-0.25, -0.2) is 0 Å². The normalized spacial score (nSPS) is 13.3. The number of aryl methyl sites for hydroxylation is 1. The van der Waals surface area contributed by atoms with Crippen LogP contribution in [0.4, 0.5) is 0 Å². The third kappa shape index (κ3) is 2.49. The van der Waals surface area contributed by atoms with E-state index in [2.05, 4.69) is 31.3 Å². The predicted octanol–water partition coefficient (Wildman–Crippen LogP) is 3.56. The van der Waals surface area contributed by atoms with Gasteiger partial charge < -0.3 is 5.32 Å². The van der Waals surface area contributed by atoms with Gasteiger partial charge in [0.15, 0.2) is 0 Å². The van der Waals surface area contributed by atoms with E-state index >= 15 is 0 Å². The first-order valence-corrected chi connectivity index (χ1v) is 5.37. The summed E-state index contributed by atoms with van der Waals surface area (Å²) in [5, 5.41) is 4.16. The highest BCUT2D eigenvalue weighted by atomic mass is 35.5. The van der Waals surface area contributed by atoms with Crippen LogP contribution in [0.25, 0.3) is 0 Å². The topological polar surface area (TPSA) is 12.0 Å². The molecule has 1 nitrogen and oxygen atoms in total. The Balaban J connectivity index is 3.00. The lowest BCUT2D eigenvalue weighted by atomic mass is 9.95. The van der Waals surface area contributed by atoms with Crippen LogP contribution in [-0.2, 0) is 0 Å². The van der Waals surface area contributed by atoms with E-state index < -0.39 is 0 Å². The number of benzene rings is 1. The van der Waals surface area contributed by atoms with Gasteiger partial charge in [-0.1, -0.05) is 37.6 Å². The molecule has 0 heterocycles. The summed E-state index contributed by atoms with van der Waals surface area (Å²) in [7, 11) is 1.99. The minimum absolute atomic E-state index is 0.408. The zero-order valence-electron chi connectivity index (χ0n) is 9.26. The monoisotopic (exact) mass is 211 g/mol. The summed E-state index contributed by atoms with van der Waals surface area (Å²) >= 11 is 5.99. The zero-order chi connectivity index (χ0) is 10.7. The van der Waals surface area contributed by atoms with E-state index in [9.17, 15) is 0 Å². The molecule has 0 fully saturated rings. The maximum Gasteiger partial charge on any atom is 0.0435 e. The number of halogens is 1. The van der Waals surface area contributed by atoms with Gasteiger partial charge in [-0.2, -0.15) is 0 Å². The number of hydrogen-bond acceptors (Lipinski definition) is 1. The van der Waals surface area contributed by atoms with Gasteiger partial charge in [-0.15, -0.1) is 0 Å². The average Bonchev–Trinajstić information content (AvgIpc) is 2.11. The standard InChI is InChI=1S/C12H18ClN/c1-8(2)12(14-4)10-5-6-11(13)9(3)7-10/h5-8,12,14H,1-4H3. The Bertz CT molecular complexity index is 307. The molecule has 0 spiro atoms. The molecular formula is C12H18ClN. The fraction of sp³-hybridized carbons (Fsp3) is 0.500. The molecule has 0 aliphatic heterocycles. The average molecular weight is 212 g/mol. The van der Waals surface area contributed by atoms with E-state index in [1.54, 1.807) is 0 Å². The Kier molecular flexibility index (Phi) is 3.97. The van der Waals surface area contributed by atoms with Crippen molar-refractivity contribution in [2.75, 3.05) is 7.05 Å². The molecule has 1 aromatic rings. The van der Waals surface area contributed by atoms with Crippen molar-refractivity contribution in [3.63, 3.8) is 0 Å². The second kappa shape index (κ2) is 4.81. The van der Waals surface area contributed by atoms with Gasteiger partial charge >= 0.3 is 0 Å². The maximum absolute atomic E-state index is 5.99. The fourth-order valence-corrected chi connectivity index (χ4v) is 1.86. The van der Waals surface area contributed by atoms with Gasteiger partial charge in [0, 0.05) is 11.1 Å². The van der Waals surface area contributed by atoms with E-state index in [1.165, 1.54) is 5.56 Å². The summed E-state index contributed by atoms with van der Waals surface area (Å²) in [4.78, 5) is 0. The highest BCUT2D eigenvalue weighted by molar-refractivity contribution is 6.31. The molecule has 0 bridgehead atoms. The molecule has 0 amide bonds. The molecular weight excluding hydrogens is 194 g/mol. The summed E-state index contributed by atoms with van der Waals surface area (Å²) in [6, 6.07) is 6.63. The number of hydrogen-bond donors (Lipinski definition) is 1. The summed E-state index contributed by atoms with van der Waals surface area (Å²) < 4.78 is 0. The lowest BCUT2D eigenvalue weighted by molar-refractivity contribution is 0.443. The van der Waals surface area contributed by atoms with Gasteiger partial charge in [0.2, 0.25) is 0 Å². The predicted molar refractivity (Wildman–Crippen MR) is 62.8 cm³/mol. The summed E-state index contributed by atoms with van der Waals surface area (Å²) in [6.07, 6.45) is 0. The van der Waals surface area contributed by atoms with Crippen molar-refractivity contribution in [1.82, 2.24) is 5.32 Å². The molecule has 0 aromatic heterocycles. The van der Waals surface area contributed by atoms with Crippen LogP contribution in [0.3, 0.4) is 0 Å². The van der Waals surface area contributed by atoms with Gasteiger partial charge in [0.05, 0.1) is 0 Å². The molecule has 1 aromatic carbocycles. The van der Waals surface area contributed by atoms with Crippen LogP contribution in [0.15, 0.2) is 18.2 Å². The Labute approximate surface area is 91.5 Å².